The van der Waals surface area contributed by atoms with Gasteiger partial charge in [-0.1, -0.05) is 39.0 Å². The van der Waals surface area contributed by atoms with Gasteiger partial charge in [-0.05, 0) is 48.6 Å². The summed E-state index contributed by atoms with van der Waals surface area (Å²) in [5, 5.41) is 2.95. The second-order valence-electron chi connectivity index (χ2n) is 7.04. The Kier molecular flexibility index (Phi) is 8.66. The predicted molar refractivity (Wildman–Crippen MR) is 111 cm³/mol. The summed E-state index contributed by atoms with van der Waals surface area (Å²) in [5.74, 6) is 2.38. The molecule has 28 heavy (non-hydrogen) atoms. The van der Waals surface area contributed by atoms with Gasteiger partial charge in [0, 0.05) is 6.54 Å². The Labute approximate surface area is 168 Å². The van der Waals surface area contributed by atoms with Crippen molar-refractivity contribution >= 4 is 5.91 Å². The van der Waals surface area contributed by atoms with Gasteiger partial charge in [0.15, 0.2) is 11.5 Å². The summed E-state index contributed by atoms with van der Waals surface area (Å²) >= 11 is 0. The number of ether oxygens (including phenoxy) is 3. The predicted octanol–water partition coefficient (Wildman–Crippen LogP) is 4.84. The van der Waals surface area contributed by atoms with E-state index in [9.17, 15) is 4.79 Å². The van der Waals surface area contributed by atoms with E-state index in [-0.39, 0.29) is 5.91 Å². The number of amides is 1. The molecular weight excluding hydrogens is 354 g/mol. The third-order valence-electron chi connectivity index (χ3n) is 4.23. The normalized spacial score (nSPS) is 10.6. The molecule has 0 saturated heterocycles. The zero-order chi connectivity index (χ0) is 20.4. The van der Waals surface area contributed by atoms with Gasteiger partial charge in [0.25, 0.3) is 5.91 Å². The highest BCUT2D eigenvalue weighted by Gasteiger charge is 2.13. The maximum absolute atomic E-state index is 12.7. The number of methoxy groups -OCH3 is 1. The number of hydrogen-bond donors (Lipinski definition) is 1. The molecule has 0 aliphatic heterocycles. The van der Waals surface area contributed by atoms with Crippen molar-refractivity contribution in [2.24, 2.45) is 5.92 Å². The largest absolute Gasteiger partial charge is 0.493 e. The standard InChI is InChI=1S/C23H31NO4/c1-5-13-27-21-11-10-18(15-22(21)26-4)16-24-23(25)19-8-6-7-9-20(19)28-14-12-17(2)3/h6-11,15,17H,5,12-14,16H2,1-4H3,(H,24,25). The molecule has 0 saturated carbocycles. The zero-order valence-electron chi connectivity index (χ0n) is 17.3. The van der Waals surface area contributed by atoms with Crippen LogP contribution >= 0.6 is 0 Å². The van der Waals surface area contributed by atoms with Crippen LogP contribution in [0.3, 0.4) is 0 Å². The molecule has 0 aliphatic carbocycles. The highest BCUT2D eigenvalue weighted by atomic mass is 16.5. The fraction of sp³-hybridized carbons (Fsp3) is 0.435. The Morgan fingerprint density at radius 2 is 1.75 bits per heavy atom. The molecule has 5 nitrogen and oxygen atoms in total. The van der Waals surface area contributed by atoms with Crippen molar-refractivity contribution in [1.29, 1.82) is 0 Å². The fourth-order valence-electron chi connectivity index (χ4n) is 2.62. The molecule has 5 heteroatoms. The van der Waals surface area contributed by atoms with E-state index in [1.165, 1.54) is 0 Å². The molecule has 2 rings (SSSR count). The minimum atomic E-state index is -0.162. The lowest BCUT2D eigenvalue weighted by molar-refractivity contribution is 0.0946. The third-order valence-corrected chi connectivity index (χ3v) is 4.23. The minimum Gasteiger partial charge on any atom is -0.493 e. The van der Waals surface area contributed by atoms with Crippen molar-refractivity contribution in [3.05, 3.63) is 53.6 Å². The Bertz CT molecular complexity index is 758. The molecule has 0 atom stereocenters. The Hall–Kier alpha value is -2.69. The molecule has 2 aromatic rings. The number of rotatable bonds is 11. The summed E-state index contributed by atoms with van der Waals surface area (Å²) in [6, 6.07) is 13.0. The Morgan fingerprint density at radius 3 is 2.46 bits per heavy atom. The summed E-state index contributed by atoms with van der Waals surface area (Å²) in [4.78, 5) is 12.7. The van der Waals surface area contributed by atoms with Crippen molar-refractivity contribution in [2.75, 3.05) is 20.3 Å². The first-order valence-corrected chi connectivity index (χ1v) is 9.84. The number of nitrogens with one attached hydrogen (secondary N) is 1. The molecule has 152 valence electrons. The van der Waals surface area contributed by atoms with Gasteiger partial charge in [-0.2, -0.15) is 0 Å². The van der Waals surface area contributed by atoms with E-state index in [2.05, 4.69) is 26.1 Å². The summed E-state index contributed by atoms with van der Waals surface area (Å²) in [6.45, 7) is 7.98. The van der Waals surface area contributed by atoms with Crippen molar-refractivity contribution in [1.82, 2.24) is 5.32 Å². The van der Waals surface area contributed by atoms with E-state index < -0.39 is 0 Å². The van der Waals surface area contributed by atoms with Crippen LogP contribution in [0.25, 0.3) is 0 Å². The van der Waals surface area contributed by atoms with Crippen molar-refractivity contribution in [3.8, 4) is 17.2 Å². The lowest BCUT2D eigenvalue weighted by Gasteiger charge is -2.14. The molecular formula is C23H31NO4. The van der Waals surface area contributed by atoms with Gasteiger partial charge in [0.05, 0.1) is 25.9 Å². The highest BCUT2D eigenvalue weighted by Crippen LogP contribution is 2.28. The van der Waals surface area contributed by atoms with Crippen LogP contribution in [0.15, 0.2) is 42.5 Å². The molecule has 0 bridgehead atoms. The average molecular weight is 386 g/mol. The zero-order valence-corrected chi connectivity index (χ0v) is 17.3. The van der Waals surface area contributed by atoms with Crippen molar-refractivity contribution < 1.29 is 19.0 Å². The van der Waals surface area contributed by atoms with Crippen LogP contribution in [0.4, 0.5) is 0 Å². The minimum absolute atomic E-state index is 0.162. The van der Waals surface area contributed by atoms with Gasteiger partial charge in [0.1, 0.15) is 5.75 Å². The molecule has 0 radical (unpaired) electrons. The average Bonchev–Trinajstić information content (AvgIpc) is 2.70. The maximum Gasteiger partial charge on any atom is 0.255 e. The maximum atomic E-state index is 12.7. The van der Waals surface area contributed by atoms with E-state index in [4.69, 9.17) is 14.2 Å². The Morgan fingerprint density at radius 1 is 1.00 bits per heavy atom. The molecule has 1 amide bonds. The number of carbonyl (C=O) groups excluding carboxylic acids is 1. The van der Waals surface area contributed by atoms with E-state index in [0.717, 1.165) is 18.4 Å². The third kappa shape index (κ3) is 6.48. The summed E-state index contributed by atoms with van der Waals surface area (Å²) in [7, 11) is 1.61. The number of para-hydroxylation sites is 1. The van der Waals surface area contributed by atoms with Gasteiger partial charge < -0.3 is 19.5 Å². The first kappa shape index (κ1) is 21.6. The van der Waals surface area contributed by atoms with Gasteiger partial charge in [0.2, 0.25) is 0 Å². The van der Waals surface area contributed by atoms with E-state index in [1.807, 2.05) is 36.4 Å². The summed E-state index contributed by atoms with van der Waals surface area (Å²) < 4.78 is 16.9. The summed E-state index contributed by atoms with van der Waals surface area (Å²) in [6.07, 6.45) is 1.88. The molecule has 2 aromatic carbocycles. The van der Waals surface area contributed by atoms with Gasteiger partial charge in [-0.3, -0.25) is 4.79 Å². The van der Waals surface area contributed by atoms with Crippen LogP contribution in [0.5, 0.6) is 17.2 Å². The van der Waals surface area contributed by atoms with Crippen LogP contribution in [0.1, 0.15) is 49.5 Å². The van der Waals surface area contributed by atoms with Crippen LogP contribution in [-0.2, 0) is 6.54 Å². The molecule has 0 unspecified atom stereocenters. The van der Waals surface area contributed by atoms with Crippen LogP contribution in [-0.4, -0.2) is 26.2 Å². The molecule has 0 heterocycles. The number of carbonyl (C=O) groups is 1. The second-order valence-corrected chi connectivity index (χ2v) is 7.04. The quantitative estimate of drug-likeness (QED) is 0.601. The second kappa shape index (κ2) is 11.2. The SMILES string of the molecule is CCCOc1ccc(CNC(=O)c2ccccc2OCCC(C)C)cc1OC. The monoisotopic (exact) mass is 385 g/mol. The van der Waals surface area contributed by atoms with Crippen molar-refractivity contribution in [3.63, 3.8) is 0 Å². The van der Waals surface area contributed by atoms with E-state index in [0.29, 0.717) is 48.5 Å². The van der Waals surface area contributed by atoms with Crippen LogP contribution < -0.4 is 19.5 Å². The van der Waals surface area contributed by atoms with E-state index in [1.54, 1.807) is 13.2 Å². The lowest BCUT2D eigenvalue weighted by Crippen LogP contribution is -2.23. The Balaban J connectivity index is 2.00. The molecule has 0 spiro atoms. The molecule has 0 fully saturated rings. The molecule has 0 aromatic heterocycles. The number of hydrogen-bond acceptors (Lipinski definition) is 4. The molecule has 0 aliphatic rings. The topological polar surface area (TPSA) is 56.8 Å². The first-order chi connectivity index (χ1) is 13.5. The van der Waals surface area contributed by atoms with Crippen LogP contribution in [0.2, 0.25) is 0 Å². The summed E-state index contributed by atoms with van der Waals surface area (Å²) in [5.41, 5.74) is 1.48. The van der Waals surface area contributed by atoms with E-state index >= 15 is 0 Å². The fourth-order valence-corrected chi connectivity index (χ4v) is 2.62. The van der Waals surface area contributed by atoms with Gasteiger partial charge in [-0.15, -0.1) is 0 Å². The first-order valence-electron chi connectivity index (χ1n) is 9.84. The smallest absolute Gasteiger partial charge is 0.255 e. The van der Waals surface area contributed by atoms with Crippen LogP contribution in [0, 0.1) is 5.92 Å². The lowest BCUT2D eigenvalue weighted by atomic mass is 10.1. The number of benzene rings is 2. The van der Waals surface area contributed by atoms with Gasteiger partial charge in [-0.25, -0.2) is 0 Å². The highest BCUT2D eigenvalue weighted by molar-refractivity contribution is 5.96. The molecule has 1 N–H and O–H groups in total. The van der Waals surface area contributed by atoms with Gasteiger partial charge >= 0.3 is 0 Å². The van der Waals surface area contributed by atoms with Crippen molar-refractivity contribution in [2.45, 2.75) is 40.2 Å².